The predicted octanol–water partition coefficient (Wildman–Crippen LogP) is 1.40. The number of nitrogens with one attached hydrogen (secondary N) is 2. The molecule has 1 aromatic heterocycles. The summed E-state index contributed by atoms with van der Waals surface area (Å²) in [6, 6.07) is 4.63. The van der Waals surface area contributed by atoms with E-state index in [0.29, 0.717) is 10.2 Å². The van der Waals surface area contributed by atoms with E-state index in [4.69, 9.17) is 16.3 Å². The summed E-state index contributed by atoms with van der Waals surface area (Å²) in [4.78, 5) is 27.4. The van der Waals surface area contributed by atoms with Crippen molar-refractivity contribution in [2.24, 2.45) is 0 Å². The van der Waals surface area contributed by atoms with Crippen molar-refractivity contribution in [3.63, 3.8) is 0 Å². The SMILES string of the molecule is O=C1COCC(C(=O)Nc2nc3ccc(Cl)cc3s2)N1. The summed E-state index contributed by atoms with van der Waals surface area (Å²) in [6.07, 6.45) is 0. The molecule has 6 nitrogen and oxygen atoms in total. The van der Waals surface area contributed by atoms with Crippen LogP contribution in [-0.4, -0.2) is 36.1 Å². The number of anilines is 1. The van der Waals surface area contributed by atoms with E-state index in [9.17, 15) is 9.59 Å². The van der Waals surface area contributed by atoms with Gasteiger partial charge in [-0.25, -0.2) is 4.98 Å². The number of hydrogen-bond acceptors (Lipinski definition) is 5. The number of fused-ring (bicyclic) bond motifs is 1. The second kappa shape index (κ2) is 5.35. The smallest absolute Gasteiger partial charge is 0.251 e. The highest BCUT2D eigenvalue weighted by atomic mass is 35.5. The minimum Gasteiger partial charge on any atom is -0.369 e. The largest absolute Gasteiger partial charge is 0.369 e. The Balaban J connectivity index is 1.75. The molecule has 3 rings (SSSR count). The number of amides is 2. The zero-order valence-corrected chi connectivity index (χ0v) is 11.8. The molecule has 0 bridgehead atoms. The molecule has 0 spiro atoms. The van der Waals surface area contributed by atoms with Crippen molar-refractivity contribution < 1.29 is 14.3 Å². The molecule has 1 aliphatic heterocycles. The molecular formula is C12H10ClN3O3S. The topological polar surface area (TPSA) is 80.3 Å². The highest BCUT2D eigenvalue weighted by Crippen LogP contribution is 2.28. The van der Waals surface area contributed by atoms with Gasteiger partial charge in [0.05, 0.1) is 16.8 Å². The maximum Gasteiger partial charge on any atom is 0.251 e. The lowest BCUT2D eigenvalue weighted by Crippen LogP contribution is -2.51. The van der Waals surface area contributed by atoms with Gasteiger partial charge in [-0.05, 0) is 18.2 Å². The van der Waals surface area contributed by atoms with Gasteiger partial charge in [-0.15, -0.1) is 0 Å². The maximum absolute atomic E-state index is 12.0. The van der Waals surface area contributed by atoms with Crippen LogP contribution in [0.15, 0.2) is 18.2 Å². The monoisotopic (exact) mass is 311 g/mol. The second-order valence-corrected chi connectivity index (χ2v) is 5.72. The van der Waals surface area contributed by atoms with Crippen LogP contribution in [0.5, 0.6) is 0 Å². The number of benzene rings is 1. The van der Waals surface area contributed by atoms with Crippen molar-refractivity contribution in [3.05, 3.63) is 23.2 Å². The first kappa shape index (κ1) is 13.3. The molecule has 2 amide bonds. The summed E-state index contributed by atoms with van der Waals surface area (Å²) >= 11 is 7.22. The Morgan fingerprint density at radius 2 is 2.40 bits per heavy atom. The van der Waals surface area contributed by atoms with Crippen molar-refractivity contribution in [2.75, 3.05) is 18.5 Å². The zero-order chi connectivity index (χ0) is 14.1. The van der Waals surface area contributed by atoms with Crippen LogP contribution in [0.25, 0.3) is 10.2 Å². The fourth-order valence-electron chi connectivity index (χ4n) is 1.83. The number of carbonyl (C=O) groups is 2. The molecule has 0 aliphatic carbocycles. The molecule has 0 radical (unpaired) electrons. The van der Waals surface area contributed by atoms with E-state index >= 15 is 0 Å². The Labute approximate surface area is 123 Å². The quantitative estimate of drug-likeness (QED) is 0.878. The maximum atomic E-state index is 12.0. The number of rotatable bonds is 2. The number of aromatic nitrogens is 1. The van der Waals surface area contributed by atoms with E-state index in [2.05, 4.69) is 15.6 Å². The summed E-state index contributed by atoms with van der Waals surface area (Å²) in [5, 5.41) is 6.31. The van der Waals surface area contributed by atoms with Crippen molar-refractivity contribution in [1.29, 1.82) is 0 Å². The Bertz CT molecular complexity index is 688. The van der Waals surface area contributed by atoms with Gasteiger partial charge in [-0.3, -0.25) is 9.59 Å². The molecule has 2 aromatic rings. The van der Waals surface area contributed by atoms with Crippen LogP contribution in [0.1, 0.15) is 0 Å². The average molecular weight is 312 g/mol. The Morgan fingerprint density at radius 3 is 3.20 bits per heavy atom. The summed E-state index contributed by atoms with van der Waals surface area (Å²) in [6.45, 7) is 0.151. The van der Waals surface area contributed by atoms with Gasteiger partial charge in [-0.1, -0.05) is 22.9 Å². The zero-order valence-electron chi connectivity index (χ0n) is 10.2. The molecule has 1 aromatic carbocycles. The van der Waals surface area contributed by atoms with Gasteiger partial charge in [-0.2, -0.15) is 0 Å². The van der Waals surface area contributed by atoms with Crippen molar-refractivity contribution in [2.45, 2.75) is 6.04 Å². The van der Waals surface area contributed by atoms with Gasteiger partial charge in [0.15, 0.2) is 5.13 Å². The third-order valence-corrected chi connectivity index (χ3v) is 3.92. The van der Waals surface area contributed by atoms with E-state index in [-0.39, 0.29) is 25.0 Å². The average Bonchev–Trinajstić information content (AvgIpc) is 2.80. The molecule has 1 atom stereocenters. The van der Waals surface area contributed by atoms with Crippen LogP contribution in [-0.2, 0) is 14.3 Å². The molecule has 1 aliphatic rings. The van der Waals surface area contributed by atoms with Crippen molar-refractivity contribution >= 4 is 50.1 Å². The van der Waals surface area contributed by atoms with Crippen LogP contribution in [0, 0.1) is 0 Å². The molecule has 0 saturated carbocycles. The molecule has 2 heterocycles. The minimum absolute atomic E-state index is 0.0105. The second-order valence-electron chi connectivity index (χ2n) is 4.26. The first-order chi connectivity index (χ1) is 9.61. The van der Waals surface area contributed by atoms with E-state index < -0.39 is 6.04 Å². The number of carbonyl (C=O) groups excluding carboxylic acids is 2. The Hall–Kier alpha value is -1.70. The van der Waals surface area contributed by atoms with Gasteiger partial charge >= 0.3 is 0 Å². The van der Waals surface area contributed by atoms with Crippen LogP contribution >= 0.6 is 22.9 Å². The standard InChI is InChI=1S/C12H10ClN3O3S/c13-6-1-2-7-9(3-6)20-12(15-7)16-11(18)8-4-19-5-10(17)14-8/h1-3,8H,4-5H2,(H,14,17)(H,15,16,18). The van der Waals surface area contributed by atoms with Crippen LogP contribution in [0.4, 0.5) is 5.13 Å². The van der Waals surface area contributed by atoms with E-state index in [0.717, 1.165) is 10.2 Å². The van der Waals surface area contributed by atoms with Crippen molar-refractivity contribution in [1.82, 2.24) is 10.3 Å². The number of thiazole rings is 1. The lowest BCUT2D eigenvalue weighted by atomic mass is 10.2. The highest BCUT2D eigenvalue weighted by molar-refractivity contribution is 7.22. The lowest BCUT2D eigenvalue weighted by molar-refractivity contribution is -0.136. The molecule has 20 heavy (non-hydrogen) atoms. The van der Waals surface area contributed by atoms with Gasteiger partial charge in [0.1, 0.15) is 12.6 Å². The predicted molar refractivity (Wildman–Crippen MR) is 76.0 cm³/mol. The van der Waals surface area contributed by atoms with E-state index in [1.807, 2.05) is 0 Å². The first-order valence-electron chi connectivity index (χ1n) is 5.86. The third kappa shape index (κ3) is 2.74. The normalized spacial score (nSPS) is 18.9. The molecule has 104 valence electrons. The van der Waals surface area contributed by atoms with E-state index in [1.165, 1.54) is 11.3 Å². The Morgan fingerprint density at radius 1 is 1.55 bits per heavy atom. The third-order valence-electron chi connectivity index (χ3n) is 2.75. The van der Waals surface area contributed by atoms with Gasteiger partial charge in [0, 0.05) is 5.02 Å². The summed E-state index contributed by atoms with van der Waals surface area (Å²) in [5.41, 5.74) is 0.763. The molecule has 1 saturated heterocycles. The summed E-state index contributed by atoms with van der Waals surface area (Å²) < 4.78 is 5.91. The molecular weight excluding hydrogens is 302 g/mol. The number of halogens is 1. The summed E-state index contributed by atoms with van der Waals surface area (Å²) in [5.74, 6) is -0.643. The molecule has 2 N–H and O–H groups in total. The molecule has 8 heteroatoms. The van der Waals surface area contributed by atoms with Gasteiger partial charge < -0.3 is 15.4 Å². The highest BCUT2D eigenvalue weighted by Gasteiger charge is 2.26. The number of nitrogens with zero attached hydrogens (tertiary/aromatic N) is 1. The number of hydrogen-bond donors (Lipinski definition) is 2. The summed E-state index contributed by atoms with van der Waals surface area (Å²) in [7, 11) is 0. The van der Waals surface area contributed by atoms with Crippen molar-refractivity contribution in [3.8, 4) is 0 Å². The molecule has 1 fully saturated rings. The lowest BCUT2D eigenvalue weighted by Gasteiger charge is -2.21. The fraction of sp³-hybridized carbons (Fsp3) is 0.250. The first-order valence-corrected chi connectivity index (χ1v) is 7.05. The number of morpholine rings is 1. The van der Waals surface area contributed by atoms with E-state index in [1.54, 1.807) is 18.2 Å². The van der Waals surface area contributed by atoms with Crippen LogP contribution in [0.3, 0.4) is 0 Å². The van der Waals surface area contributed by atoms with Crippen LogP contribution < -0.4 is 10.6 Å². The minimum atomic E-state index is -0.688. The van der Waals surface area contributed by atoms with Gasteiger partial charge in [0.2, 0.25) is 5.91 Å². The van der Waals surface area contributed by atoms with Gasteiger partial charge in [0.25, 0.3) is 5.91 Å². The van der Waals surface area contributed by atoms with Crippen LogP contribution in [0.2, 0.25) is 5.02 Å². The molecule has 1 unspecified atom stereocenters. The number of ether oxygens (including phenoxy) is 1. The Kier molecular flexibility index (Phi) is 3.56. The fourth-order valence-corrected chi connectivity index (χ4v) is 2.98.